The first kappa shape index (κ1) is 22.5. The smallest absolute Gasteiger partial charge is 0.322 e. The molecule has 0 bridgehead atoms. The molecule has 2 aliphatic heterocycles. The zero-order chi connectivity index (χ0) is 24.6. The molecule has 36 heavy (non-hydrogen) atoms. The quantitative estimate of drug-likeness (QED) is 0.451. The molecule has 2 saturated heterocycles. The minimum atomic E-state index is -0.0390. The molecule has 5 heterocycles. The third-order valence-corrected chi connectivity index (χ3v) is 7.15. The molecule has 2 atom stereocenters. The molecule has 0 radical (unpaired) electrons. The van der Waals surface area contributed by atoms with E-state index >= 15 is 0 Å². The van der Waals surface area contributed by atoms with Crippen LogP contribution in [0.25, 0.3) is 28.0 Å². The number of aromatic amines is 1. The number of likely N-dealkylation sites (tertiary alicyclic amines) is 1. The van der Waals surface area contributed by atoms with Gasteiger partial charge in [-0.1, -0.05) is 12.1 Å². The minimum absolute atomic E-state index is 0.0390. The van der Waals surface area contributed by atoms with Gasteiger partial charge in [-0.2, -0.15) is 14.9 Å². The first-order valence-corrected chi connectivity index (χ1v) is 12.5. The number of carbonyl (C=O) groups is 1. The summed E-state index contributed by atoms with van der Waals surface area (Å²) in [5.74, 6) is 1.57. The number of hydrogen-bond donors (Lipinski definition) is 2. The van der Waals surface area contributed by atoms with Gasteiger partial charge in [0.25, 0.3) is 0 Å². The Labute approximate surface area is 209 Å². The molecule has 4 aromatic rings. The first-order valence-electron chi connectivity index (χ1n) is 12.5. The highest BCUT2D eigenvalue weighted by atomic mass is 16.5. The number of nitrogens with zero attached hydrogens (tertiary/aromatic N) is 6. The molecule has 2 N–H and O–H groups in total. The second kappa shape index (κ2) is 9.27. The fourth-order valence-electron chi connectivity index (χ4n) is 5.14. The van der Waals surface area contributed by atoms with Crippen LogP contribution >= 0.6 is 0 Å². The van der Waals surface area contributed by atoms with Crippen molar-refractivity contribution in [1.29, 1.82) is 0 Å². The maximum Gasteiger partial charge on any atom is 0.322 e. The van der Waals surface area contributed by atoms with Crippen molar-refractivity contribution in [2.24, 2.45) is 0 Å². The molecule has 0 saturated carbocycles. The van der Waals surface area contributed by atoms with Gasteiger partial charge < -0.3 is 19.9 Å². The predicted octanol–water partition coefficient (Wildman–Crippen LogP) is 4.05. The number of pyridine rings is 1. The Hall–Kier alpha value is -3.92. The second-order valence-corrected chi connectivity index (χ2v) is 9.56. The summed E-state index contributed by atoms with van der Waals surface area (Å²) in [4.78, 5) is 21.9. The van der Waals surface area contributed by atoms with Crippen molar-refractivity contribution in [3.63, 3.8) is 0 Å². The van der Waals surface area contributed by atoms with Crippen LogP contribution in [0, 0.1) is 0 Å². The molecule has 6 rings (SSSR count). The van der Waals surface area contributed by atoms with Gasteiger partial charge in [-0.3, -0.25) is 5.10 Å². The number of amides is 2. The predicted molar refractivity (Wildman–Crippen MR) is 138 cm³/mol. The Morgan fingerprint density at radius 3 is 2.69 bits per heavy atom. The number of carbonyl (C=O) groups excluding carboxylic acids is 1. The number of nitrogens with one attached hydrogen (secondary N) is 2. The topological polar surface area (TPSA) is 104 Å². The van der Waals surface area contributed by atoms with Crippen LogP contribution in [0.1, 0.15) is 26.7 Å². The molecule has 2 amide bonds. The zero-order valence-corrected chi connectivity index (χ0v) is 20.5. The van der Waals surface area contributed by atoms with E-state index in [0.717, 1.165) is 59.6 Å². The maximum absolute atomic E-state index is 12.7. The van der Waals surface area contributed by atoms with Gasteiger partial charge in [-0.15, -0.1) is 0 Å². The summed E-state index contributed by atoms with van der Waals surface area (Å²) in [6.07, 6.45) is 5.72. The van der Waals surface area contributed by atoms with Gasteiger partial charge in [-0.25, -0.2) is 9.78 Å². The van der Waals surface area contributed by atoms with E-state index in [1.165, 1.54) is 0 Å². The lowest BCUT2D eigenvalue weighted by molar-refractivity contribution is 0.0985. The number of hydrogen-bond acceptors (Lipinski definition) is 6. The monoisotopic (exact) mass is 486 g/mol. The SMILES string of the molecule is CC1CCCN1C(=O)Nc1ccc(-c2cc(N3CCOC[C@H]3C)nc3c2cnn3-c2cc[nH]n2)cc1. The van der Waals surface area contributed by atoms with E-state index in [-0.39, 0.29) is 18.1 Å². The van der Waals surface area contributed by atoms with Crippen LogP contribution in [0.5, 0.6) is 0 Å². The molecule has 0 spiro atoms. The van der Waals surface area contributed by atoms with Crippen LogP contribution in [0.2, 0.25) is 0 Å². The third-order valence-electron chi connectivity index (χ3n) is 7.15. The Bertz CT molecular complexity index is 1360. The highest BCUT2D eigenvalue weighted by Crippen LogP contribution is 2.34. The average Bonchev–Trinajstić information content (AvgIpc) is 3.65. The molecular weight excluding hydrogens is 456 g/mol. The second-order valence-electron chi connectivity index (χ2n) is 9.56. The normalized spacial score (nSPS) is 20.3. The number of benzene rings is 1. The molecule has 0 aliphatic carbocycles. The molecule has 1 aromatic carbocycles. The standard InChI is InChI=1S/C26H30N8O2/c1-17-4-3-11-33(17)26(35)29-20-7-5-19(6-8-20)21-14-24(32-12-13-36-16-18(32)2)30-25-22(21)15-28-34(25)23-9-10-27-31-23/h5-10,14-15,17-18H,3-4,11-13,16H2,1-2H3,(H,27,31)(H,29,35)/t17?,18-/m1/s1. The summed E-state index contributed by atoms with van der Waals surface area (Å²) in [5.41, 5.74) is 3.58. The number of rotatable bonds is 4. The number of anilines is 2. The van der Waals surface area contributed by atoms with E-state index in [2.05, 4.69) is 45.4 Å². The summed E-state index contributed by atoms with van der Waals surface area (Å²) in [6.45, 7) is 7.16. The van der Waals surface area contributed by atoms with Gasteiger partial charge in [0.15, 0.2) is 11.5 Å². The Morgan fingerprint density at radius 1 is 1.11 bits per heavy atom. The summed E-state index contributed by atoms with van der Waals surface area (Å²) in [7, 11) is 0. The minimum Gasteiger partial charge on any atom is -0.377 e. The molecular formula is C26H30N8O2. The Morgan fingerprint density at radius 2 is 1.97 bits per heavy atom. The van der Waals surface area contributed by atoms with E-state index in [0.29, 0.717) is 19.0 Å². The average molecular weight is 487 g/mol. The first-order chi connectivity index (χ1) is 17.6. The van der Waals surface area contributed by atoms with Crippen LogP contribution in [0.3, 0.4) is 0 Å². The molecule has 10 heteroatoms. The lowest BCUT2D eigenvalue weighted by Crippen LogP contribution is -2.44. The highest BCUT2D eigenvalue weighted by Gasteiger charge is 2.26. The van der Waals surface area contributed by atoms with E-state index < -0.39 is 0 Å². The molecule has 3 aromatic heterocycles. The van der Waals surface area contributed by atoms with Gasteiger partial charge in [0.2, 0.25) is 0 Å². The van der Waals surface area contributed by atoms with Gasteiger partial charge in [0.05, 0.1) is 25.5 Å². The van der Waals surface area contributed by atoms with Crippen molar-refractivity contribution >= 4 is 28.6 Å². The number of morpholine rings is 1. The fourth-order valence-corrected chi connectivity index (χ4v) is 5.14. The van der Waals surface area contributed by atoms with Crippen LogP contribution in [-0.2, 0) is 4.74 Å². The van der Waals surface area contributed by atoms with Crippen molar-refractivity contribution in [2.75, 3.05) is 36.5 Å². The van der Waals surface area contributed by atoms with Crippen molar-refractivity contribution in [1.82, 2.24) is 29.9 Å². The molecule has 1 unspecified atom stereocenters. The van der Waals surface area contributed by atoms with Crippen LogP contribution < -0.4 is 10.2 Å². The molecule has 10 nitrogen and oxygen atoms in total. The van der Waals surface area contributed by atoms with Gasteiger partial charge in [0, 0.05) is 42.5 Å². The zero-order valence-electron chi connectivity index (χ0n) is 20.5. The summed E-state index contributed by atoms with van der Waals surface area (Å²) < 4.78 is 7.41. The van der Waals surface area contributed by atoms with E-state index in [1.807, 2.05) is 41.4 Å². The number of H-pyrrole nitrogens is 1. The van der Waals surface area contributed by atoms with Crippen molar-refractivity contribution in [3.05, 3.63) is 48.8 Å². The largest absolute Gasteiger partial charge is 0.377 e. The van der Waals surface area contributed by atoms with Crippen LogP contribution in [-0.4, -0.2) is 74.3 Å². The Balaban J connectivity index is 1.37. The van der Waals surface area contributed by atoms with Crippen LogP contribution in [0.4, 0.5) is 16.3 Å². The van der Waals surface area contributed by atoms with E-state index in [1.54, 1.807) is 10.9 Å². The van der Waals surface area contributed by atoms with Crippen molar-refractivity contribution in [2.45, 2.75) is 38.8 Å². The van der Waals surface area contributed by atoms with Crippen molar-refractivity contribution < 1.29 is 9.53 Å². The summed E-state index contributed by atoms with van der Waals surface area (Å²) in [5, 5.41) is 15.7. The van der Waals surface area contributed by atoms with Gasteiger partial charge in [0.1, 0.15) is 5.82 Å². The number of ether oxygens (including phenoxy) is 1. The number of fused-ring (bicyclic) bond motifs is 1. The lowest BCUT2D eigenvalue weighted by Gasteiger charge is -2.34. The van der Waals surface area contributed by atoms with Crippen molar-refractivity contribution in [3.8, 4) is 16.9 Å². The molecule has 2 fully saturated rings. The summed E-state index contributed by atoms with van der Waals surface area (Å²) >= 11 is 0. The lowest BCUT2D eigenvalue weighted by atomic mass is 10.0. The van der Waals surface area contributed by atoms with Gasteiger partial charge in [-0.05, 0) is 56.0 Å². The maximum atomic E-state index is 12.7. The third kappa shape index (κ3) is 4.07. The van der Waals surface area contributed by atoms with E-state index in [9.17, 15) is 4.79 Å². The Kier molecular flexibility index (Phi) is 5.80. The number of urea groups is 1. The van der Waals surface area contributed by atoms with Gasteiger partial charge >= 0.3 is 6.03 Å². The highest BCUT2D eigenvalue weighted by molar-refractivity contribution is 5.96. The summed E-state index contributed by atoms with van der Waals surface area (Å²) in [6, 6.07) is 12.4. The molecule has 2 aliphatic rings. The molecule has 186 valence electrons. The number of aromatic nitrogens is 5. The van der Waals surface area contributed by atoms with E-state index in [4.69, 9.17) is 9.72 Å². The van der Waals surface area contributed by atoms with Crippen LogP contribution in [0.15, 0.2) is 48.8 Å². The fraction of sp³-hybridized carbons (Fsp3) is 0.385.